The van der Waals surface area contributed by atoms with Crippen molar-refractivity contribution in [1.82, 2.24) is 13.8 Å². The Hall–Kier alpha value is -4.19. The summed E-state index contributed by atoms with van der Waals surface area (Å²) in [5.74, 6) is -0.228. The van der Waals surface area contributed by atoms with Gasteiger partial charge in [-0.05, 0) is 48.9 Å². The predicted molar refractivity (Wildman–Crippen MR) is 173 cm³/mol. The quantitative estimate of drug-likeness (QED) is 0.290. The second kappa shape index (κ2) is 13.4. The highest BCUT2D eigenvalue weighted by atomic mass is 32.2. The summed E-state index contributed by atoms with van der Waals surface area (Å²) < 4.78 is 36.4. The Morgan fingerprint density at radius 2 is 1.82 bits per heavy atom. The number of hydrogen-bond donors (Lipinski definition) is 2. The topological polar surface area (TPSA) is 121 Å². The van der Waals surface area contributed by atoms with E-state index in [9.17, 15) is 23.1 Å². The number of nitrogens with zero attached hydrogens (tertiary/aromatic N) is 3. The lowest BCUT2D eigenvalue weighted by Gasteiger charge is -2.33. The Morgan fingerprint density at radius 1 is 1.11 bits per heavy atom. The first kappa shape index (κ1) is 32.2. The molecule has 1 aliphatic heterocycles. The van der Waals surface area contributed by atoms with Crippen molar-refractivity contribution in [1.29, 1.82) is 0 Å². The number of fused-ring (bicyclic) bond motifs is 2. The standard InChI is InChI=1S/C34H40N4O6S/c1-23-19-38(24(2)22-39)34(41)18-25-16-27(35-33(40)17-26-20-36(3)30-13-9-8-12-29(26)30)14-15-31(25)44-32(23)21-37(4)45(42,43)28-10-6-5-7-11-28/h5-16,20,23-24,32,39H,17-19,21-22H2,1-4H3,(H,35,40)/t23-,24-,32+/m0/s1. The van der Waals surface area contributed by atoms with Gasteiger partial charge in [-0.1, -0.05) is 43.3 Å². The van der Waals surface area contributed by atoms with Crippen molar-refractivity contribution in [3.63, 3.8) is 0 Å². The van der Waals surface area contributed by atoms with Crippen LogP contribution < -0.4 is 10.1 Å². The van der Waals surface area contributed by atoms with E-state index in [2.05, 4.69) is 5.32 Å². The zero-order valence-electron chi connectivity index (χ0n) is 26.0. The lowest BCUT2D eigenvalue weighted by molar-refractivity contribution is -0.134. The van der Waals surface area contributed by atoms with E-state index in [-0.39, 0.29) is 55.2 Å². The van der Waals surface area contributed by atoms with E-state index in [0.717, 1.165) is 16.5 Å². The summed E-state index contributed by atoms with van der Waals surface area (Å²) >= 11 is 0. The lowest BCUT2D eigenvalue weighted by atomic mass is 10.0. The van der Waals surface area contributed by atoms with Crippen LogP contribution in [0.3, 0.4) is 0 Å². The first-order valence-electron chi connectivity index (χ1n) is 15.0. The first-order valence-corrected chi connectivity index (χ1v) is 16.5. The zero-order chi connectivity index (χ0) is 32.3. The molecule has 2 heterocycles. The van der Waals surface area contributed by atoms with Crippen LogP contribution in [0.25, 0.3) is 10.9 Å². The van der Waals surface area contributed by atoms with Crippen LogP contribution in [-0.4, -0.2) is 78.0 Å². The molecule has 238 valence electrons. The second-order valence-corrected chi connectivity index (χ2v) is 13.9. The van der Waals surface area contributed by atoms with E-state index in [0.29, 0.717) is 17.0 Å². The number of carbonyl (C=O) groups excluding carboxylic acids is 2. The molecular weight excluding hydrogens is 592 g/mol. The summed E-state index contributed by atoms with van der Waals surface area (Å²) in [5, 5.41) is 13.9. The molecule has 1 aromatic heterocycles. The van der Waals surface area contributed by atoms with Crippen LogP contribution in [0.2, 0.25) is 0 Å². The summed E-state index contributed by atoms with van der Waals surface area (Å²) in [6.45, 7) is 3.77. The minimum atomic E-state index is -3.79. The van der Waals surface area contributed by atoms with Gasteiger partial charge in [-0.25, -0.2) is 8.42 Å². The van der Waals surface area contributed by atoms with E-state index in [1.54, 1.807) is 60.4 Å². The molecule has 0 saturated heterocycles. The number of amides is 2. The van der Waals surface area contributed by atoms with Crippen molar-refractivity contribution in [3.8, 4) is 5.75 Å². The van der Waals surface area contributed by atoms with Crippen LogP contribution in [0.4, 0.5) is 5.69 Å². The molecule has 0 fully saturated rings. The zero-order valence-corrected chi connectivity index (χ0v) is 26.8. The number of likely N-dealkylation sites (N-methyl/N-ethyl adjacent to an activating group) is 1. The Labute approximate surface area is 264 Å². The molecule has 0 bridgehead atoms. The van der Waals surface area contributed by atoms with E-state index in [1.165, 1.54) is 11.4 Å². The molecule has 0 unspecified atom stereocenters. The van der Waals surface area contributed by atoms with Gasteiger partial charge in [0, 0.05) is 54.9 Å². The molecule has 0 radical (unpaired) electrons. The minimum absolute atomic E-state index is 0.00962. The molecule has 2 amide bonds. The smallest absolute Gasteiger partial charge is 0.242 e. The average molecular weight is 633 g/mol. The number of aliphatic hydroxyl groups is 1. The highest BCUT2D eigenvalue weighted by Crippen LogP contribution is 2.30. The SMILES string of the molecule is C[C@H]1CN([C@@H](C)CO)C(=O)Cc2cc(NC(=O)Cc3cn(C)c4ccccc34)ccc2O[C@@H]1CN(C)S(=O)(=O)c1ccccc1. The highest BCUT2D eigenvalue weighted by Gasteiger charge is 2.33. The number of rotatable bonds is 9. The van der Waals surface area contributed by atoms with E-state index < -0.39 is 22.2 Å². The Balaban J connectivity index is 1.41. The maximum atomic E-state index is 13.6. The maximum absolute atomic E-state index is 13.6. The van der Waals surface area contributed by atoms with Gasteiger partial charge < -0.3 is 24.6 Å². The third-order valence-corrected chi connectivity index (χ3v) is 10.3. The van der Waals surface area contributed by atoms with E-state index in [4.69, 9.17) is 4.74 Å². The van der Waals surface area contributed by atoms with Crippen molar-refractivity contribution in [2.75, 3.05) is 32.1 Å². The molecule has 1 aliphatic rings. The first-order chi connectivity index (χ1) is 21.5. The number of aryl methyl sites for hydroxylation is 1. The molecule has 11 heteroatoms. The van der Waals surface area contributed by atoms with Gasteiger partial charge >= 0.3 is 0 Å². The molecule has 0 spiro atoms. The number of ether oxygens (including phenoxy) is 1. The van der Waals surface area contributed by atoms with E-state index in [1.807, 2.05) is 49.0 Å². The minimum Gasteiger partial charge on any atom is -0.488 e. The number of aliphatic hydroxyl groups excluding tert-OH is 1. The number of nitrogens with one attached hydrogen (secondary N) is 1. The Morgan fingerprint density at radius 3 is 2.56 bits per heavy atom. The number of aromatic nitrogens is 1. The largest absolute Gasteiger partial charge is 0.488 e. The lowest BCUT2D eigenvalue weighted by Crippen LogP contribution is -2.48. The summed E-state index contributed by atoms with van der Waals surface area (Å²) in [7, 11) is -0.329. The number of sulfonamides is 1. The maximum Gasteiger partial charge on any atom is 0.242 e. The van der Waals surface area contributed by atoms with E-state index >= 15 is 0 Å². The van der Waals surface area contributed by atoms with Crippen LogP contribution in [0.15, 0.2) is 83.9 Å². The average Bonchev–Trinajstić information content (AvgIpc) is 3.36. The number of para-hydroxylation sites is 1. The van der Waals surface area contributed by atoms with Crippen molar-refractivity contribution < 1.29 is 27.9 Å². The fourth-order valence-corrected chi connectivity index (χ4v) is 7.00. The number of hydrogen-bond acceptors (Lipinski definition) is 6. The monoisotopic (exact) mass is 632 g/mol. The number of benzene rings is 3. The van der Waals surface area contributed by atoms with Gasteiger partial charge in [0.15, 0.2) is 0 Å². The molecule has 45 heavy (non-hydrogen) atoms. The third-order valence-electron chi connectivity index (χ3n) is 8.42. The molecule has 4 aromatic rings. The van der Waals surface area contributed by atoms with Crippen LogP contribution in [-0.2, 0) is 39.5 Å². The van der Waals surface area contributed by atoms with Gasteiger partial charge in [-0.15, -0.1) is 0 Å². The molecule has 10 nitrogen and oxygen atoms in total. The van der Waals surface area contributed by atoms with Gasteiger partial charge in [0.2, 0.25) is 21.8 Å². The molecule has 0 aliphatic carbocycles. The van der Waals surface area contributed by atoms with Gasteiger partial charge in [-0.2, -0.15) is 4.31 Å². The number of anilines is 1. The Bertz CT molecular complexity index is 1790. The molecule has 5 rings (SSSR count). The fraction of sp³-hybridized carbons (Fsp3) is 0.353. The van der Waals surface area contributed by atoms with Crippen molar-refractivity contribution in [2.24, 2.45) is 13.0 Å². The summed E-state index contributed by atoms with van der Waals surface area (Å²) in [4.78, 5) is 28.5. The van der Waals surface area contributed by atoms with Crippen molar-refractivity contribution in [3.05, 3.63) is 90.1 Å². The highest BCUT2D eigenvalue weighted by molar-refractivity contribution is 7.89. The molecular formula is C34H40N4O6S. The van der Waals surface area contributed by atoms with Gasteiger partial charge in [-0.3, -0.25) is 9.59 Å². The van der Waals surface area contributed by atoms with Gasteiger partial charge in [0.25, 0.3) is 0 Å². The summed E-state index contributed by atoms with van der Waals surface area (Å²) in [5.41, 5.74) is 3.03. The van der Waals surface area contributed by atoms with Crippen LogP contribution >= 0.6 is 0 Å². The normalized spacial score (nSPS) is 18.1. The predicted octanol–water partition coefficient (Wildman–Crippen LogP) is 3.83. The van der Waals surface area contributed by atoms with Gasteiger partial charge in [0.05, 0.1) is 36.9 Å². The summed E-state index contributed by atoms with van der Waals surface area (Å²) in [6.07, 6.45) is 1.51. The molecule has 3 aromatic carbocycles. The Kier molecular flexibility index (Phi) is 9.62. The summed E-state index contributed by atoms with van der Waals surface area (Å²) in [6, 6.07) is 20.8. The second-order valence-electron chi connectivity index (χ2n) is 11.8. The van der Waals surface area contributed by atoms with Crippen LogP contribution in [0.5, 0.6) is 5.75 Å². The van der Waals surface area contributed by atoms with Crippen LogP contribution in [0.1, 0.15) is 25.0 Å². The van der Waals surface area contributed by atoms with Crippen molar-refractivity contribution >= 4 is 38.4 Å². The van der Waals surface area contributed by atoms with Crippen molar-refractivity contribution in [2.45, 2.75) is 43.7 Å². The molecule has 2 N–H and O–H groups in total. The fourth-order valence-electron chi connectivity index (χ4n) is 5.79. The third kappa shape index (κ3) is 7.06. The van der Waals surface area contributed by atoms with Gasteiger partial charge in [0.1, 0.15) is 11.9 Å². The molecule has 3 atom stereocenters. The molecule has 0 saturated carbocycles. The number of carbonyl (C=O) groups is 2. The van der Waals surface area contributed by atoms with Crippen LogP contribution in [0, 0.1) is 5.92 Å².